The molecule has 3 rings (SSSR count). The Hall–Kier alpha value is -2.08. The second-order valence-corrected chi connectivity index (χ2v) is 5.66. The van der Waals surface area contributed by atoms with Crippen molar-refractivity contribution in [1.82, 2.24) is 0 Å². The van der Waals surface area contributed by atoms with Crippen LogP contribution in [0.1, 0.15) is 30.9 Å². The molecule has 0 heterocycles. The zero-order valence-corrected chi connectivity index (χ0v) is 12.2. The summed E-state index contributed by atoms with van der Waals surface area (Å²) in [7, 11) is 0. The van der Waals surface area contributed by atoms with Gasteiger partial charge in [0.25, 0.3) is 0 Å². The van der Waals surface area contributed by atoms with Gasteiger partial charge in [-0.2, -0.15) is 0 Å². The van der Waals surface area contributed by atoms with Crippen LogP contribution >= 0.6 is 0 Å². The lowest BCUT2D eigenvalue weighted by atomic mass is 9.92. The quantitative estimate of drug-likeness (QED) is 0.641. The zero-order chi connectivity index (χ0) is 13.9. The van der Waals surface area contributed by atoms with Crippen molar-refractivity contribution >= 4 is 5.57 Å². The van der Waals surface area contributed by atoms with Crippen LogP contribution in [-0.2, 0) is 0 Å². The second kappa shape index (κ2) is 5.50. The topological polar surface area (TPSA) is 0 Å². The molecule has 0 unspecified atom stereocenters. The monoisotopic (exact) mass is 260 g/mol. The molecule has 0 saturated heterocycles. The van der Waals surface area contributed by atoms with Crippen molar-refractivity contribution in [2.45, 2.75) is 26.7 Å². The molecular weight excluding hydrogens is 240 g/mol. The largest absolute Gasteiger partial charge is 0.0730 e. The van der Waals surface area contributed by atoms with Crippen molar-refractivity contribution in [3.8, 4) is 11.1 Å². The summed E-state index contributed by atoms with van der Waals surface area (Å²) >= 11 is 0. The molecular formula is C20H20. The van der Waals surface area contributed by atoms with Gasteiger partial charge in [-0.3, -0.25) is 0 Å². The minimum absolute atomic E-state index is 1.15. The van der Waals surface area contributed by atoms with E-state index in [1.807, 2.05) is 0 Å². The highest BCUT2D eigenvalue weighted by molar-refractivity contribution is 5.74. The maximum absolute atomic E-state index is 2.31. The minimum Gasteiger partial charge on any atom is -0.0730 e. The van der Waals surface area contributed by atoms with Crippen molar-refractivity contribution in [3.63, 3.8) is 0 Å². The Kier molecular flexibility index (Phi) is 3.56. The lowest BCUT2D eigenvalue weighted by molar-refractivity contribution is 0.977. The molecule has 0 N–H and O–H groups in total. The van der Waals surface area contributed by atoms with Crippen molar-refractivity contribution in [2.24, 2.45) is 0 Å². The highest BCUT2D eigenvalue weighted by atomic mass is 14.1. The molecule has 0 fully saturated rings. The number of benzene rings is 2. The molecule has 0 nitrogen and oxygen atoms in total. The third-order valence-electron chi connectivity index (χ3n) is 3.94. The molecule has 0 bridgehead atoms. The van der Waals surface area contributed by atoms with Crippen LogP contribution in [0.15, 0.2) is 66.3 Å². The van der Waals surface area contributed by atoms with Crippen LogP contribution in [0.5, 0.6) is 0 Å². The molecule has 0 heteroatoms. The maximum Gasteiger partial charge on any atom is -0.0178 e. The molecule has 1 aliphatic carbocycles. The molecule has 0 amide bonds. The van der Waals surface area contributed by atoms with Gasteiger partial charge in [0.15, 0.2) is 0 Å². The van der Waals surface area contributed by atoms with Crippen LogP contribution in [0.3, 0.4) is 0 Å². The fraction of sp³-hybridized carbons (Fsp3) is 0.200. The van der Waals surface area contributed by atoms with Gasteiger partial charge in [0.2, 0.25) is 0 Å². The van der Waals surface area contributed by atoms with E-state index in [1.165, 1.54) is 39.8 Å². The predicted molar refractivity (Wildman–Crippen MR) is 87.6 cm³/mol. The summed E-state index contributed by atoms with van der Waals surface area (Å²) < 4.78 is 0. The van der Waals surface area contributed by atoms with Gasteiger partial charge in [-0.15, -0.1) is 0 Å². The van der Waals surface area contributed by atoms with Gasteiger partial charge < -0.3 is 0 Å². The van der Waals surface area contributed by atoms with Crippen LogP contribution in [0.2, 0.25) is 0 Å². The number of rotatable bonds is 2. The van der Waals surface area contributed by atoms with Gasteiger partial charge in [0.05, 0.1) is 0 Å². The fourth-order valence-corrected chi connectivity index (χ4v) is 2.71. The van der Waals surface area contributed by atoms with Crippen molar-refractivity contribution in [1.29, 1.82) is 0 Å². The Morgan fingerprint density at radius 3 is 2.10 bits per heavy atom. The number of hydrogen-bond donors (Lipinski definition) is 0. The standard InChI is InChI=1S/C20H20/c1-15-9-11-17(12-10-15)19-7-4-8-20(14-19)18-6-3-5-16(2)13-18/h3-9,11,13-14H,10,12H2,1-2H3. The SMILES string of the molecule is CC1=CC=C(c2cccc(-c3cccc(C)c3)c2)CC1. The van der Waals surface area contributed by atoms with Crippen LogP contribution in [0, 0.1) is 6.92 Å². The summed E-state index contributed by atoms with van der Waals surface area (Å²) in [6.07, 6.45) is 6.85. The van der Waals surface area contributed by atoms with Gasteiger partial charge in [-0.1, -0.05) is 65.8 Å². The minimum atomic E-state index is 1.15. The molecule has 0 aliphatic heterocycles. The third-order valence-corrected chi connectivity index (χ3v) is 3.94. The first-order valence-electron chi connectivity index (χ1n) is 7.26. The summed E-state index contributed by atoms with van der Waals surface area (Å²) in [6, 6.07) is 17.6. The smallest absolute Gasteiger partial charge is 0.0178 e. The lowest BCUT2D eigenvalue weighted by Gasteiger charge is -2.13. The first-order chi connectivity index (χ1) is 9.72. The first-order valence-corrected chi connectivity index (χ1v) is 7.26. The molecule has 0 saturated carbocycles. The maximum atomic E-state index is 2.31. The zero-order valence-electron chi connectivity index (χ0n) is 12.2. The molecule has 0 radical (unpaired) electrons. The third kappa shape index (κ3) is 2.75. The van der Waals surface area contributed by atoms with Gasteiger partial charge in [-0.25, -0.2) is 0 Å². The van der Waals surface area contributed by atoms with E-state index in [0.29, 0.717) is 0 Å². The molecule has 0 atom stereocenters. The predicted octanol–water partition coefficient (Wildman–Crippen LogP) is 5.79. The van der Waals surface area contributed by atoms with E-state index in [2.05, 4.69) is 74.5 Å². The Labute approximate surface area is 121 Å². The van der Waals surface area contributed by atoms with Crippen molar-refractivity contribution < 1.29 is 0 Å². The van der Waals surface area contributed by atoms with Gasteiger partial charge in [0, 0.05) is 0 Å². The van der Waals surface area contributed by atoms with E-state index in [4.69, 9.17) is 0 Å². The fourth-order valence-electron chi connectivity index (χ4n) is 2.71. The highest BCUT2D eigenvalue weighted by Gasteiger charge is 2.07. The van der Waals surface area contributed by atoms with Gasteiger partial charge in [-0.05, 0) is 55.0 Å². The van der Waals surface area contributed by atoms with E-state index < -0.39 is 0 Å². The summed E-state index contributed by atoms with van der Waals surface area (Å²) in [5, 5.41) is 0. The Balaban J connectivity index is 1.98. The highest BCUT2D eigenvalue weighted by Crippen LogP contribution is 2.29. The summed E-state index contributed by atoms with van der Waals surface area (Å²) in [4.78, 5) is 0. The molecule has 0 aromatic heterocycles. The number of hydrogen-bond acceptors (Lipinski definition) is 0. The average Bonchev–Trinajstić information content (AvgIpc) is 2.48. The van der Waals surface area contributed by atoms with Crippen LogP contribution in [-0.4, -0.2) is 0 Å². The Morgan fingerprint density at radius 1 is 0.700 bits per heavy atom. The van der Waals surface area contributed by atoms with Crippen LogP contribution < -0.4 is 0 Å². The molecule has 2 aromatic rings. The van der Waals surface area contributed by atoms with Crippen LogP contribution in [0.25, 0.3) is 16.7 Å². The Bertz CT molecular complexity index is 687. The summed E-state index contributed by atoms with van der Waals surface area (Å²) in [5.41, 5.74) is 8.19. The first kappa shape index (κ1) is 12.9. The van der Waals surface area contributed by atoms with E-state index in [1.54, 1.807) is 0 Å². The van der Waals surface area contributed by atoms with Crippen molar-refractivity contribution in [2.75, 3.05) is 0 Å². The molecule has 1 aliphatic rings. The molecule has 2 aromatic carbocycles. The number of aryl methyl sites for hydroxylation is 1. The van der Waals surface area contributed by atoms with E-state index in [0.717, 1.165) is 6.42 Å². The second-order valence-electron chi connectivity index (χ2n) is 5.66. The van der Waals surface area contributed by atoms with Crippen LogP contribution in [0.4, 0.5) is 0 Å². The average molecular weight is 260 g/mol. The number of allylic oxidation sites excluding steroid dienone is 4. The van der Waals surface area contributed by atoms with Gasteiger partial charge in [0.1, 0.15) is 0 Å². The summed E-state index contributed by atoms with van der Waals surface area (Å²) in [5.74, 6) is 0. The molecule has 20 heavy (non-hydrogen) atoms. The normalized spacial score (nSPS) is 14.7. The van der Waals surface area contributed by atoms with Crippen molar-refractivity contribution in [3.05, 3.63) is 77.4 Å². The molecule has 0 spiro atoms. The van der Waals surface area contributed by atoms with E-state index >= 15 is 0 Å². The van der Waals surface area contributed by atoms with E-state index in [9.17, 15) is 0 Å². The summed E-state index contributed by atoms with van der Waals surface area (Å²) in [6.45, 7) is 4.35. The van der Waals surface area contributed by atoms with E-state index in [-0.39, 0.29) is 0 Å². The van der Waals surface area contributed by atoms with Gasteiger partial charge >= 0.3 is 0 Å². The lowest BCUT2D eigenvalue weighted by Crippen LogP contribution is -1.91. The Morgan fingerprint density at radius 2 is 1.40 bits per heavy atom. The molecule has 100 valence electrons.